The van der Waals surface area contributed by atoms with Crippen molar-refractivity contribution in [2.45, 2.75) is 23.2 Å². The van der Waals surface area contributed by atoms with Gasteiger partial charge in [0.25, 0.3) is 11.8 Å². The standard InChI is InChI=1S/C17H20N2O6S2/c1-11(20)19(27(24)12-6-4-3-5-7-12)13-14(21)18-8-17(9-25-2,16(22)23)10-26-15(13)18/h3-7,13,15H,8-10H2,1-2H3,(H,22,23)/t13?,15-,17?,27?/m1/s1. The second kappa shape index (κ2) is 7.70. The molecular formula is C17H20N2O6S2. The molecule has 10 heteroatoms. The lowest BCUT2D eigenvalue weighted by atomic mass is 9.88. The minimum atomic E-state index is -1.82. The first kappa shape index (κ1) is 20.0. The minimum absolute atomic E-state index is 0.00684. The van der Waals surface area contributed by atoms with Crippen LogP contribution >= 0.6 is 11.8 Å². The van der Waals surface area contributed by atoms with Crippen LogP contribution in [0.2, 0.25) is 0 Å². The molecule has 0 saturated carbocycles. The van der Waals surface area contributed by atoms with Crippen molar-refractivity contribution in [3.05, 3.63) is 30.3 Å². The number of hydrogen-bond donors (Lipinski definition) is 1. The molecule has 0 bridgehead atoms. The Balaban J connectivity index is 1.82. The van der Waals surface area contributed by atoms with Gasteiger partial charge in [-0.25, -0.2) is 0 Å². The third-order valence-electron chi connectivity index (χ3n) is 4.68. The van der Waals surface area contributed by atoms with Gasteiger partial charge in [-0.15, -0.1) is 16.1 Å². The fourth-order valence-electron chi connectivity index (χ4n) is 3.31. The van der Waals surface area contributed by atoms with Gasteiger partial charge >= 0.3 is 5.97 Å². The Labute approximate surface area is 164 Å². The largest absolute Gasteiger partial charge is 0.588 e. The minimum Gasteiger partial charge on any atom is -0.588 e. The summed E-state index contributed by atoms with van der Waals surface area (Å²) in [5.74, 6) is -1.65. The van der Waals surface area contributed by atoms with Crippen LogP contribution in [0.5, 0.6) is 0 Å². The number of carboxylic acid groups (broad SMARTS) is 1. The van der Waals surface area contributed by atoms with Crippen molar-refractivity contribution in [3.8, 4) is 0 Å². The molecule has 1 N–H and O–H groups in total. The van der Waals surface area contributed by atoms with Gasteiger partial charge in [0, 0.05) is 26.3 Å². The zero-order valence-corrected chi connectivity index (χ0v) is 16.5. The molecule has 2 aliphatic heterocycles. The van der Waals surface area contributed by atoms with Crippen LogP contribution in [-0.4, -0.2) is 74.1 Å². The van der Waals surface area contributed by atoms with Gasteiger partial charge < -0.3 is 19.3 Å². The number of β-lactam (4-membered cyclic amide) rings is 1. The molecule has 4 atom stereocenters. The van der Waals surface area contributed by atoms with Gasteiger partial charge in [0.05, 0.1) is 6.61 Å². The van der Waals surface area contributed by atoms with E-state index < -0.39 is 46.0 Å². The van der Waals surface area contributed by atoms with Crippen LogP contribution in [0, 0.1) is 5.41 Å². The van der Waals surface area contributed by atoms with E-state index in [0.717, 1.165) is 4.31 Å². The Morgan fingerprint density at radius 2 is 2.11 bits per heavy atom. The first-order valence-corrected chi connectivity index (χ1v) is 10.4. The molecular weight excluding hydrogens is 392 g/mol. The average Bonchev–Trinajstić information content (AvgIpc) is 2.66. The molecule has 2 fully saturated rings. The van der Waals surface area contributed by atoms with Crippen LogP contribution in [0.1, 0.15) is 6.92 Å². The summed E-state index contributed by atoms with van der Waals surface area (Å²) in [6.07, 6.45) is 0. The van der Waals surface area contributed by atoms with E-state index in [-0.39, 0.29) is 18.9 Å². The smallest absolute Gasteiger partial charge is 0.314 e. The van der Waals surface area contributed by atoms with E-state index in [4.69, 9.17) is 4.74 Å². The highest BCUT2D eigenvalue weighted by Crippen LogP contribution is 2.45. The van der Waals surface area contributed by atoms with Crippen molar-refractivity contribution >= 4 is 40.9 Å². The molecule has 2 saturated heterocycles. The van der Waals surface area contributed by atoms with Crippen LogP contribution in [-0.2, 0) is 30.5 Å². The number of carbonyl (C=O) groups is 3. The number of rotatable bonds is 6. The monoisotopic (exact) mass is 412 g/mol. The fraction of sp³-hybridized carbons (Fsp3) is 0.471. The van der Waals surface area contributed by atoms with E-state index in [1.165, 1.54) is 30.7 Å². The van der Waals surface area contributed by atoms with Crippen LogP contribution in [0.4, 0.5) is 0 Å². The van der Waals surface area contributed by atoms with Crippen LogP contribution in [0.15, 0.2) is 35.2 Å². The van der Waals surface area contributed by atoms with Gasteiger partial charge in [-0.05, 0) is 12.1 Å². The number of fused-ring (bicyclic) bond motifs is 1. The third-order valence-corrected chi connectivity index (χ3v) is 7.77. The number of aliphatic carboxylic acids is 1. The lowest BCUT2D eigenvalue weighted by molar-refractivity contribution is -0.164. The summed E-state index contributed by atoms with van der Waals surface area (Å²) in [6, 6.07) is 7.59. The van der Waals surface area contributed by atoms with Crippen molar-refractivity contribution in [1.29, 1.82) is 0 Å². The van der Waals surface area contributed by atoms with Crippen LogP contribution in [0.3, 0.4) is 0 Å². The molecule has 0 aliphatic carbocycles. The van der Waals surface area contributed by atoms with Gasteiger partial charge in [-0.3, -0.25) is 14.4 Å². The molecule has 3 unspecified atom stereocenters. The molecule has 0 spiro atoms. The summed E-state index contributed by atoms with van der Waals surface area (Å²) in [7, 11) is 1.42. The summed E-state index contributed by atoms with van der Waals surface area (Å²) in [4.78, 5) is 38.5. The van der Waals surface area contributed by atoms with Crippen molar-refractivity contribution in [1.82, 2.24) is 9.21 Å². The Morgan fingerprint density at radius 1 is 1.44 bits per heavy atom. The lowest BCUT2D eigenvalue weighted by Crippen LogP contribution is -2.75. The van der Waals surface area contributed by atoms with Gasteiger partial charge in [-0.2, -0.15) is 0 Å². The van der Waals surface area contributed by atoms with Crippen molar-refractivity contribution < 1.29 is 28.8 Å². The molecule has 3 rings (SSSR count). The van der Waals surface area contributed by atoms with Gasteiger partial charge in [-0.1, -0.05) is 18.2 Å². The Morgan fingerprint density at radius 3 is 2.67 bits per heavy atom. The number of ether oxygens (including phenoxy) is 1. The number of carbonyl (C=O) groups excluding carboxylic acids is 2. The normalized spacial score (nSPS) is 28.1. The predicted octanol–water partition coefficient (Wildman–Crippen LogP) is 0.559. The zero-order chi connectivity index (χ0) is 19.8. The molecule has 146 valence electrons. The van der Waals surface area contributed by atoms with E-state index in [1.807, 2.05) is 0 Å². The number of amides is 2. The lowest BCUT2D eigenvalue weighted by Gasteiger charge is -2.54. The quantitative estimate of drug-likeness (QED) is 0.537. The van der Waals surface area contributed by atoms with E-state index >= 15 is 0 Å². The Bertz CT molecular complexity index is 748. The van der Waals surface area contributed by atoms with E-state index in [1.54, 1.807) is 30.3 Å². The topological polar surface area (TPSA) is 110 Å². The number of benzene rings is 1. The second-order valence-electron chi connectivity index (χ2n) is 6.54. The van der Waals surface area contributed by atoms with Crippen molar-refractivity contribution in [2.24, 2.45) is 5.41 Å². The van der Waals surface area contributed by atoms with Crippen LogP contribution < -0.4 is 0 Å². The first-order chi connectivity index (χ1) is 12.8. The number of nitrogens with zero attached hydrogens (tertiary/aromatic N) is 2. The van der Waals surface area contributed by atoms with Crippen LogP contribution in [0.25, 0.3) is 0 Å². The molecule has 8 nitrogen and oxygen atoms in total. The van der Waals surface area contributed by atoms with E-state index in [9.17, 15) is 24.0 Å². The van der Waals surface area contributed by atoms with Gasteiger partial charge in [0.2, 0.25) is 0 Å². The highest BCUT2D eigenvalue weighted by atomic mass is 32.2. The SMILES string of the molecule is COCC1(C(=O)O)CS[C@@H]2C(N(C(C)=O)[S+]([O-])c3ccccc3)C(=O)N2C1. The maximum atomic E-state index is 12.9. The maximum Gasteiger partial charge on any atom is 0.314 e. The highest BCUT2D eigenvalue weighted by molar-refractivity contribution is 8.00. The molecule has 0 aromatic heterocycles. The molecule has 1 aromatic rings. The van der Waals surface area contributed by atoms with Crippen molar-refractivity contribution in [3.63, 3.8) is 0 Å². The molecule has 27 heavy (non-hydrogen) atoms. The predicted molar refractivity (Wildman–Crippen MR) is 99.1 cm³/mol. The highest BCUT2D eigenvalue weighted by Gasteiger charge is 2.61. The molecule has 0 radical (unpaired) electrons. The summed E-state index contributed by atoms with van der Waals surface area (Å²) in [5, 5.41) is 9.17. The molecule has 2 aliphatic rings. The maximum absolute atomic E-state index is 12.9. The summed E-state index contributed by atoms with van der Waals surface area (Å²) < 4.78 is 19.0. The summed E-state index contributed by atoms with van der Waals surface area (Å²) in [6.45, 7) is 1.27. The summed E-state index contributed by atoms with van der Waals surface area (Å²) >= 11 is -0.541. The van der Waals surface area contributed by atoms with E-state index in [0.29, 0.717) is 4.90 Å². The average molecular weight is 412 g/mol. The molecule has 1 aromatic carbocycles. The molecule has 2 heterocycles. The first-order valence-electron chi connectivity index (χ1n) is 8.23. The Kier molecular flexibility index (Phi) is 5.71. The third kappa shape index (κ3) is 3.42. The van der Waals surface area contributed by atoms with E-state index in [2.05, 4.69) is 0 Å². The second-order valence-corrected chi connectivity index (χ2v) is 9.01. The molecule has 2 amide bonds. The fourth-order valence-corrected chi connectivity index (χ4v) is 6.21. The van der Waals surface area contributed by atoms with Gasteiger partial charge in [0.15, 0.2) is 10.9 Å². The summed E-state index contributed by atoms with van der Waals surface area (Å²) in [5.41, 5.74) is -1.18. The zero-order valence-electron chi connectivity index (χ0n) is 14.9. The number of methoxy groups -OCH3 is 1. The van der Waals surface area contributed by atoms with Gasteiger partial charge in [0.1, 0.15) is 22.2 Å². The number of hydrogen-bond acceptors (Lipinski definition) is 6. The number of thioether (sulfide) groups is 1. The number of carboxylic acids is 1. The Hall–Kier alpha value is -1.75. The van der Waals surface area contributed by atoms with Crippen molar-refractivity contribution in [2.75, 3.05) is 26.0 Å².